The number of hydrogen-bond acceptors (Lipinski definition) is 4. The fourth-order valence-corrected chi connectivity index (χ4v) is 5.13. The van der Waals surface area contributed by atoms with Gasteiger partial charge in [-0.1, -0.05) is 23.7 Å². The number of nitrogens with one attached hydrogen (secondary N) is 1. The molecule has 0 atom stereocenters. The molecule has 142 valence electrons. The topological polar surface area (TPSA) is 83.6 Å². The molecular weight excluding hydrogens is 388 g/mol. The van der Waals surface area contributed by atoms with Crippen molar-refractivity contribution in [3.8, 4) is 0 Å². The number of amides is 2. The van der Waals surface area contributed by atoms with Gasteiger partial charge in [0.05, 0.1) is 16.9 Å². The summed E-state index contributed by atoms with van der Waals surface area (Å²) in [6.45, 7) is 3.54. The van der Waals surface area contributed by atoms with Gasteiger partial charge in [0.15, 0.2) is 0 Å². The molecule has 2 amide bonds. The van der Waals surface area contributed by atoms with Crippen LogP contribution in [0.1, 0.15) is 29.8 Å². The Balaban J connectivity index is 1.72. The maximum absolute atomic E-state index is 12.4. The van der Waals surface area contributed by atoms with Crippen molar-refractivity contribution < 1.29 is 18.0 Å². The van der Waals surface area contributed by atoms with Crippen molar-refractivity contribution >= 4 is 39.1 Å². The maximum atomic E-state index is 12.4. The molecule has 1 heterocycles. The Hall–Kier alpha value is -2.38. The van der Waals surface area contributed by atoms with Gasteiger partial charge in [-0.3, -0.25) is 9.59 Å². The molecule has 0 unspecified atom stereocenters. The number of halogens is 1. The van der Waals surface area contributed by atoms with Gasteiger partial charge in [-0.05, 0) is 55.8 Å². The smallest absolute Gasteiger partial charge is 0.251 e. The Kier molecular flexibility index (Phi) is 5.01. The van der Waals surface area contributed by atoms with Crippen molar-refractivity contribution in [1.82, 2.24) is 5.32 Å². The van der Waals surface area contributed by atoms with Crippen LogP contribution in [-0.4, -0.2) is 26.0 Å². The highest BCUT2D eigenvalue weighted by Gasteiger charge is 2.49. The van der Waals surface area contributed by atoms with Gasteiger partial charge >= 0.3 is 0 Å². The van der Waals surface area contributed by atoms with Crippen LogP contribution in [0.15, 0.2) is 48.5 Å². The van der Waals surface area contributed by atoms with Crippen molar-refractivity contribution in [3.05, 3.63) is 64.7 Å². The van der Waals surface area contributed by atoms with Crippen LogP contribution >= 0.6 is 11.6 Å². The van der Waals surface area contributed by atoms with Crippen LogP contribution in [0.25, 0.3) is 0 Å². The molecule has 1 fully saturated rings. The van der Waals surface area contributed by atoms with Gasteiger partial charge in [-0.2, -0.15) is 0 Å². The van der Waals surface area contributed by atoms with Crippen molar-refractivity contribution in [2.75, 3.05) is 10.1 Å². The minimum absolute atomic E-state index is 0.234. The molecule has 0 bridgehead atoms. The van der Waals surface area contributed by atoms with Gasteiger partial charge in [-0.25, -0.2) is 12.7 Å². The number of anilines is 1. The van der Waals surface area contributed by atoms with Gasteiger partial charge < -0.3 is 5.32 Å². The molecule has 0 aliphatic carbocycles. The van der Waals surface area contributed by atoms with Crippen molar-refractivity contribution in [3.63, 3.8) is 0 Å². The SMILES string of the molecule is CC1(C)CS(=O)(=O)N(c2ccc(C(=O)NCc3ccc(Cl)cc3)cc2)C1=O. The lowest BCUT2D eigenvalue weighted by Gasteiger charge is -2.17. The van der Waals surface area contributed by atoms with Gasteiger partial charge in [0.25, 0.3) is 5.91 Å². The molecule has 0 saturated carbocycles. The molecule has 3 rings (SSSR count). The summed E-state index contributed by atoms with van der Waals surface area (Å²) < 4.78 is 25.4. The summed E-state index contributed by atoms with van der Waals surface area (Å²) in [4.78, 5) is 24.7. The third-order valence-corrected chi connectivity index (χ3v) is 6.59. The number of rotatable bonds is 4. The average molecular weight is 407 g/mol. The standard InChI is InChI=1S/C19H19ClN2O4S/c1-19(2)12-27(25,26)22(18(19)24)16-9-5-14(6-10-16)17(23)21-11-13-3-7-15(20)8-4-13/h3-10H,11-12H2,1-2H3,(H,21,23). The number of benzene rings is 2. The van der Waals surface area contributed by atoms with Crippen molar-refractivity contribution in [1.29, 1.82) is 0 Å². The molecule has 27 heavy (non-hydrogen) atoms. The van der Waals surface area contributed by atoms with Crippen molar-refractivity contribution in [2.45, 2.75) is 20.4 Å². The number of hydrogen-bond donors (Lipinski definition) is 1. The largest absolute Gasteiger partial charge is 0.348 e. The van der Waals surface area contributed by atoms with E-state index in [4.69, 9.17) is 11.6 Å². The van der Waals surface area contributed by atoms with Gasteiger partial charge in [0.1, 0.15) is 0 Å². The molecule has 0 aromatic heterocycles. The zero-order chi connectivity index (χ0) is 19.8. The lowest BCUT2D eigenvalue weighted by molar-refractivity contribution is -0.123. The normalized spacial score (nSPS) is 17.7. The lowest BCUT2D eigenvalue weighted by atomic mass is 9.95. The Morgan fingerprint density at radius 3 is 2.22 bits per heavy atom. The van der Waals surface area contributed by atoms with E-state index < -0.39 is 21.3 Å². The first kappa shape index (κ1) is 19.4. The summed E-state index contributed by atoms with van der Waals surface area (Å²) in [5, 5.41) is 3.40. The second kappa shape index (κ2) is 6.98. The van der Waals surface area contributed by atoms with Crippen molar-refractivity contribution in [2.24, 2.45) is 5.41 Å². The van der Waals surface area contributed by atoms with Gasteiger partial charge in [0, 0.05) is 17.1 Å². The molecule has 0 spiro atoms. The molecule has 1 aliphatic heterocycles. The highest BCUT2D eigenvalue weighted by molar-refractivity contribution is 7.94. The lowest BCUT2D eigenvalue weighted by Crippen LogP contribution is -2.33. The Morgan fingerprint density at radius 2 is 1.70 bits per heavy atom. The first-order chi connectivity index (χ1) is 12.6. The van der Waals surface area contributed by atoms with E-state index in [2.05, 4.69) is 5.32 Å². The van der Waals surface area contributed by atoms with Crippen LogP contribution in [-0.2, 0) is 21.4 Å². The van der Waals surface area contributed by atoms with Crippen LogP contribution in [0.4, 0.5) is 5.69 Å². The highest BCUT2D eigenvalue weighted by atomic mass is 35.5. The zero-order valence-corrected chi connectivity index (χ0v) is 16.5. The summed E-state index contributed by atoms with van der Waals surface area (Å²) in [6.07, 6.45) is 0. The summed E-state index contributed by atoms with van der Waals surface area (Å²) in [6, 6.07) is 13.1. The Labute approximate surface area is 163 Å². The number of sulfonamides is 1. The fraction of sp³-hybridized carbons (Fsp3) is 0.263. The summed E-state index contributed by atoms with van der Waals surface area (Å²) in [7, 11) is -3.71. The number of carbonyl (C=O) groups is 2. The van der Waals surface area contributed by atoms with E-state index in [1.54, 1.807) is 26.0 Å². The first-order valence-corrected chi connectivity index (χ1v) is 10.3. The van der Waals surface area contributed by atoms with Crippen LogP contribution in [0.2, 0.25) is 5.02 Å². The molecule has 2 aromatic rings. The third-order valence-electron chi connectivity index (χ3n) is 4.32. The summed E-state index contributed by atoms with van der Waals surface area (Å²) >= 11 is 5.83. The molecular formula is C19H19ClN2O4S. The molecule has 2 aromatic carbocycles. The van der Waals surface area contributed by atoms with E-state index in [9.17, 15) is 18.0 Å². The minimum Gasteiger partial charge on any atom is -0.348 e. The minimum atomic E-state index is -3.71. The predicted molar refractivity (Wildman–Crippen MR) is 104 cm³/mol. The number of nitrogens with zero attached hydrogens (tertiary/aromatic N) is 1. The van der Waals surface area contributed by atoms with E-state index in [1.807, 2.05) is 12.1 Å². The molecule has 6 nitrogen and oxygen atoms in total. The van der Waals surface area contributed by atoms with E-state index in [1.165, 1.54) is 24.3 Å². The van der Waals surface area contributed by atoms with E-state index in [0.29, 0.717) is 17.1 Å². The maximum Gasteiger partial charge on any atom is 0.251 e. The Morgan fingerprint density at radius 1 is 1.11 bits per heavy atom. The van der Waals surface area contributed by atoms with Crippen LogP contribution in [0, 0.1) is 5.41 Å². The fourth-order valence-electron chi connectivity index (χ4n) is 2.90. The monoisotopic (exact) mass is 406 g/mol. The van der Waals surface area contributed by atoms with E-state index >= 15 is 0 Å². The second-order valence-corrected chi connectivity index (χ2v) is 9.32. The van der Waals surface area contributed by atoms with E-state index in [0.717, 1.165) is 9.87 Å². The van der Waals surface area contributed by atoms with E-state index in [-0.39, 0.29) is 17.3 Å². The first-order valence-electron chi connectivity index (χ1n) is 8.30. The molecule has 0 radical (unpaired) electrons. The predicted octanol–water partition coefficient (Wildman–Crippen LogP) is 2.97. The highest BCUT2D eigenvalue weighted by Crippen LogP contribution is 2.35. The molecule has 1 aliphatic rings. The average Bonchev–Trinajstić information content (AvgIpc) is 2.77. The van der Waals surface area contributed by atoms with Crippen LogP contribution in [0.5, 0.6) is 0 Å². The Bertz CT molecular complexity index is 983. The number of carbonyl (C=O) groups excluding carboxylic acids is 2. The summed E-state index contributed by atoms with van der Waals surface area (Å²) in [5.74, 6) is -1.00. The third kappa shape index (κ3) is 3.99. The summed E-state index contributed by atoms with van der Waals surface area (Å²) in [5.41, 5.74) is 0.546. The van der Waals surface area contributed by atoms with Gasteiger partial charge in [-0.15, -0.1) is 0 Å². The van der Waals surface area contributed by atoms with Crippen LogP contribution < -0.4 is 9.62 Å². The van der Waals surface area contributed by atoms with Crippen LogP contribution in [0.3, 0.4) is 0 Å². The van der Waals surface area contributed by atoms with Gasteiger partial charge in [0.2, 0.25) is 15.9 Å². The zero-order valence-electron chi connectivity index (χ0n) is 14.9. The molecule has 1 N–H and O–H groups in total. The molecule has 1 saturated heterocycles. The quantitative estimate of drug-likeness (QED) is 0.846. The molecule has 8 heteroatoms. The second-order valence-electron chi connectivity index (χ2n) is 7.07.